The zero-order valence-electron chi connectivity index (χ0n) is 5.11. The molecule has 0 saturated heterocycles. The molecule has 0 aliphatic carbocycles. The number of hydrogen-bond acceptors (Lipinski definition) is 1. The Morgan fingerprint density at radius 3 is 2.62 bits per heavy atom. The fourth-order valence-corrected chi connectivity index (χ4v) is 0.612. The van der Waals surface area contributed by atoms with Crippen molar-refractivity contribution in [3.63, 3.8) is 0 Å². The third-order valence-corrected chi connectivity index (χ3v) is 1.26. The predicted octanol–water partition coefficient (Wildman–Crippen LogP) is 1.57. The van der Waals surface area contributed by atoms with Gasteiger partial charge in [-0.2, -0.15) is 18.7 Å². The molecule has 0 aromatic rings. The first-order chi connectivity index (χ1) is 3.41. The SMILES string of the molecule is [CH2-]C#CCSCC.[Y]. The van der Waals surface area contributed by atoms with Gasteiger partial charge in [-0.05, 0) is 11.5 Å². The van der Waals surface area contributed by atoms with Gasteiger partial charge in [0.15, 0.2) is 0 Å². The van der Waals surface area contributed by atoms with Crippen LogP contribution in [0.2, 0.25) is 0 Å². The summed E-state index contributed by atoms with van der Waals surface area (Å²) in [5.74, 6) is 7.51. The Morgan fingerprint density at radius 1 is 1.62 bits per heavy atom. The first-order valence-electron chi connectivity index (χ1n) is 2.24. The van der Waals surface area contributed by atoms with E-state index in [0.717, 1.165) is 11.5 Å². The Morgan fingerprint density at radius 2 is 2.25 bits per heavy atom. The van der Waals surface area contributed by atoms with Crippen molar-refractivity contribution in [2.45, 2.75) is 6.92 Å². The summed E-state index contributed by atoms with van der Waals surface area (Å²) < 4.78 is 0. The van der Waals surface area contributed by atoms with Crippen LogP contribution in [-0.4, -0.2) is 11.5 Å². The zero-order chi connectivity index (χ0) is 5.54. The molecule has 1 radical (unpaired) electrons. The minimum Gasteiger partial charge on any atom is -0.317 e. The van der Waals surface area contributed by atoms with Crippen molar-refractivity contribution >= 4 is 11.8 Å². The minimum atomic E-state index is 0. The summed E-state index contributed by atoms with van der Waals surface area (Å²) in [5, 5.41) is 0. The van der Waals surface area contributed by atoms with E-state index in [1.54, 1.807) is 0 Å². The second-order valence-electron chi connectivity index (χ2n) is 0.991. The largest absolute Gasteiger partial charge is 0.317 e. The third kappa shape index (κ3) is 9.99. The van der Waals surface area contributed by atoms with Crippen LogP contribution in [0.1, 0.15) is 6.92 Å². The minimum absolute atomic E-state index is 0. The summed E-state index contributed by atoms with van der Waals surface area (Å²) in [6, 6.07) is 0. The van der Waals surface area contributed by atoms with Crippen LogP contribution in [0.5, 0.6) is 0 Å². The van der Waals surface area contributed by atoms with E-state index in [9.17, 15) is 0 Å². The zero-order valence-corrected chi connectivity index (χ0v) is 8.76. The summed E-state index contributed by atoms with van der Waals surface area (Å²) in [4.78, 5) is 0. The van der Waals surface area contributed by atoms with Crippen molar-refractivity contribution in [3.05, 3.63) is 6.92 Å². The maximum Gasteiger partial charge on any atom is 0 e. The van der Waals surface area contributed by atoms with E-state index in [1.807, 2.05) is 11.8 Å². The molecule has 43 valence electrons. The Kier molecular flexibility index (Phi) is 15.7. The summed E-state index contributed by atoms with van der Waals surface area (Å²) in [5.41, 5.74) is 0. The van der Waals surface area contributed by atoms with Crippen LogP contribution in [0.3, 0.4) is 0 Å². The van der Waals surface area contributed by atoms with E-state index in [2.05, 4.69) is 25.7 Å². The van der Waals surface area contributed by atoms with Crippen molar-refractivity contribution in [3.8, 4) is 11.8 Å². The molecule has 0 amide bonds. The Labute approximate surface area is 81.1 Å². The van der Waals surface area contributed by atoms with Crippen LogP contribution < -0.4 is 0 Å². The molecule has 0 aliphatic heterocycles. The van der Waals surface area contributed by atoms with Crippen LogP contribution >= 0.6 is 11.8 Å². The predicted molar refractivity (Wildman–Crippen MR) is 36.1 cm³/mol. The van der Waals surface area contributed by atoms with E-state index >= 15 is 0 Å². The second-order valence-corrected chi connectivity index (χ2v) is 2.26. The molecule has 0 nitrogen and oxygen atoms in total. The van der Waals surface area contributed by atoms with Crippen LogP contribution in [0.4, 0.5) is 0 Å². The number of thioether (sulfide) groups is 1. The molecule has 0 bridgehead atoms. The number of hydrogen-bond donors (Lipinski definition) is 0. The average molecular weight is 202 g/mol. The van der Waals surface area contributed by atoms with Gasteiger partial charge in [0, 0.05) is 32.7 Å². The second kappa shape index (κ2) is 10.8. The van der Waals surface area contributed by atoms with E-state index in [1.165, 1.54) is 0 Å². The van der Waals surface area contributed by atoms with Crippen molar-refractivity contribution in [1.29, 1.82) is 0 Å². The average Bonchev–Trinajstić information content (AvgIpc) is 1.69. The summed E-state index contributed by atoms with van der Waals surface area (Å²) >= 11 is 1.82. The van der Waals surface area contributed by atoms with Gasteiger partial charge in [-0.1, -0.05) is 6.92 Å². The van der Waals surface area contributed by atoms with E-state index in [0.29, 0.717) is 0 Å². The molecule has 0 aromatic carbocycles. The van der Waals surface area contributed by atoms with Crippen molar-refractivity contribution in [2.24, 2.45) is 0 Å². The van der Waals surface area contributed by atoms with Gasteiger partial charge in [0.05, 0.1) is 0 Å². The fraction of sp³-hybridized carbons (Fsp3) is 0.500. The van der Waals surface area contributed by atoms with Gasteiger partial charge in [-0.25, -0.2) is 0 Å². The maximum atomic E-state index is 3.38. The van der Waals surface area contributed by atoms with Crippen molar-refractivity contribution < 1.29 is 32.7 Å². The van der Waals surface area contributed by atoms with E-state index in [-0.39, 0.29) is 32.7 Å². The molecule has 0 spiro atoms. The molecule has 2 heteroatoms. The quantitative estimate of drug-likeness (QED) is 0.372. The van der Waals surface area contributed by atoms with E-state index < -0.39 is 0 Å². The monoisotopic (exact) mass is 202 g/mol. The molecular weight excluding hydrogens is 193 g/mol. The van der Waals surface area contributed by atoms with Gasteiger partial charge in [-0.15, -0.1) is 0 Å². The molecular formula is C6H9SY-. The van der Waals surface area contributed by atoms with Gasteiger partial charge >= 0.3 is 0 Å². The van der Waals surface area contributed by atoms with Crippen LogP contribution in [-0.2, 0) is 32.7 Å². The van der Waals surface area contributed by atoms with Gasteiger partial charge in [0.2, 0.25) is 0 Å². The fourth-order valence-electron chi connectivity index (χ4n) is 0.204. The van der Waals surface area contributed by atoms with Crippen LogP contribution in [0, 0.1) is 18.8 Å². The van der Waals surface area contributed by atoms with Gasteiger partial charge < -0.3 is 5.92 Å². The summed E-state index contributed by atoms with van der Waals surface area (Å²) in [6.45, 7) is 5.50. The maximum absolute atomic E-state index is 3.38. The number of rotatable bonds is 2. The smallest absolute Gasteiger partial charge is 0 e. The van der Waals surface area contributed by atoms with Crippen molar-refractivity contribution in [2.75, 3.05) is 11.5 Å². The molecule has 0 rings (SSSR count). The van der Waals surface area contributed by atoms with Gasteiger partial charge in [0.1, 0.15) is 0 Å². The molecule has 8 heavy (non-hydrogen) atoms. The normalized spacial score (nSPS) is 6.12. The molecule has 0 heterocycles. The Bertz CT molecular complexity index is 80.3. The molecule has 0 aromatic heterocycles. The topological polar surface area (TPSA) is 0 Å². The first-order valence-corrected chi connectivity index (χ1v) is 3.40. The molecule has 0 atom stereocenters. The molecule has 0 unspecified atom stereocenters. The van der Waals surface area contributed by atoms with Gasteiger partial charge in [0.25, 0.3) is 0 Å². The Balaban J connectivity index is 0. The summed E-state index contributed by atoms with van der Waals surface area (Å²) in [7, 11) is 0. The molecule has 0 saturated carbocycles. The first kappa shape index (κ1) is 11.7. The summed E-state index contributed by atoms with van der Waals surface area (Å²) in [6.07, 6.45) is 0. The molecule has 0 aliphatic rings. The van der Waals surface area contributed by atoms with Crippen LogP contribution in [0.15, 0.2) is 0 Å². The van der Waals surface area contributed by atoms with Gasteiger partial charge in [-0.3, -0.25) is 5.92 Å². The molecule has 0 N–H and O–H groups in total. The van der Waals surface area contributed by atoms with Crippen molar-refractivity contribution in [1.82, 2.24) is 0 Å². The third-order valence-electron chi connectivity index (χ3n) is 0.503. The van der Waals surface area contributed by atoms with E-state index in [4.69, 9.17) is 0 Å². The standard InChI is InChI=1S/C6H9S.Y/c1-3-5-6-7-4-2;/h1,4,6H2,2H3;/q-1;. The molecule has 0 fully saturated rings. The Hall–Kier alpha value is 0.884. The van der Waals surface area contributed by atoms with Crippen LogP contribution in [0.25, 0.3) is 0 Å².